The maximum absolute atomic E-state index is 12.7. The number of hydrogen-bond donors (Lipinski definition) is 1. The number of aromatic nitrogens is 2. The number of aryl methyl sites for hydroxylation is 1. The zero-order chi connectivity index (χ0) is 15.1. The van der Waals surface area contributed by atoms with Crippen LogP contribution >= 0.6 is 0 Å². The standard InChI is InChI=1S/C17H18N2O2/c1-4-5-12-10(2)8-9-19-15(12)16(20)14-13(17(19)21)7-6-11(3)18-14/h4-7,20H,8-9H2,1-3H3/b5-4-. The highest BCUT2D eigenvalue weighted by Gasteiger charge is 2.23. The van der Waals surface area contributed by atoms with E-state index in [-0.39, 0.29) is 11.3 Å². The molecule has 0 amide bonds. The molecule has 4 nitrogen and oxygen atoms in total. The van der Waals surface area contributed by atoms with Crippen molar-refractivity contribution in [3.8, 4) is 5.75 Å². The third-order valence-corrected chi connectivity index (χ3v) is 3.99. The molecule has 1 aliphatic heterocycles. The van der Waals surface area contributed by atoms with Gasteiger partial charge in [-0.15, -0.1) is 0 Å². The van der Waals surface area contributed by atoms with E-state index in [1.54, 1.807) is 16.7 Å². The van der Waals surface area contributed by atoms with E-state index in [2.05, 4.69) is 4.98 Å². The molecule has 21 heavy (non-hydrogen) atoms. The second kappa shape index (κ2) is 4.88. The van der Waals surface area contributed by atoms with Crippen molar-refractivity contribution in [2.45, 2.75) is 33.7 Å². The number of pyridine rings is 2. The van der Waals surface area contributed by atoms with Gasteiger partial charge in [-0.1, -0.05) is 17.7 Å². The molecular formula is C17H18N2O2. The summed E-state index contributed by atoms with van der Waals surface area (Å²) in [5.41, 5.74) is 3.78. The van der Waals surface area contributed by atoms with Crippen LogP contribution in [0.25, 0.3) is 16.5 Å². The van der Waals surface area contributed by atoms with Crippen LogP contribution in [0.1, 0.15) is 31.7 Å². The van der Waals surface area contributed by atoms with Gasteiger partial charge in [0.25, 0.3) is 5.56 Å². The fraction of sp³-hybridized carbons (Fsp3) is 0.294. The fourth-order valence-corrected chi connectivity index (χ4v) is 2.89. The first-order valence-electron chi connectivity index (χ1n) is 7.10. The lowest BCUT2D eigenvalue weighted by atomic mass is 9.96. The number of allylic oxidation sites excluding steroid dienone is 4. The molecule has 108 valence electrons. The smallest absolute Gasteiger partial charge is 0.260 e. The first-order valence-corrected chi connectivity index (χ1v) is 7.10. The van der Waals surface area contributed by atoms with Crippen molar-refractivity contribution in [1.29, 1.82) is 0 Å². The predicted octanol–water partition coefficient (Wildman–Crippen LogP) is 3.16. The van der Waals surface area contributed by atoms with Crippen molar-refractivity contribution in [2.24, 2.45) is 0 Å². The molecule has 1 N–H and O–H groups in total. The van der Waals surface area contributed by atoms with E-state index >= 15 is 0 Å². The molecule has 0 radical (unpaired) electrons. The quantitative estimate of drug-likeness (QED) is 0.874. The Hall–Kier alpha value is -2.36. The Bertz CT molecular complexity index is 857. The van der Waals surface area contributed by atoms with Gasteiger partial charge >= 0.3 is 0 Å². The van der Waals surface area contributed by atoms with Gasteiger partial charge in [0.15, 0.2) is 5.75 Å². The summed E-state index contributed by atoms with van der Waals surface area (Å²) in [6.45, 7) is 6.41. The highest BCUT2D eigenvalue weighted by atomic mass is 16.3. The molecule has 0 saturated heterocycles. The summed E-state index contributed by atoms with van der Waals surface area (Å²) in [6, 6.07) is 3.54. The van der Waals surface area contributed by atoms with E-state index in [4.69, 9.17) is 0 Å². The molecule has 1 aliphatic rings. The van der Waals surface area contributed by atoms with E-state index in [9.17, 15) is 9.90 Å². The van der Waals surface area contributed by atoms with Crippen molar-refractivity contribution in [3.63, 3.8) is 0 Å². The lowest BCUT2D eigenvalue weighted by Crippen LogP contribution is -2.26. The van der Waals surface area contributed by atoms with Gasteiger partial charge in [-0.25, -0.2) is 4.98 Å². The molecular weight excluding hydrogens is 264 g/mol. The lowest BCUT2D eigenvalue weighted by molar-refractivity contribution is 0.465. The van der Waals surface area contributed by atoms with Crippen LogP contribution in [0.2, 0.25) is 0 Å². The molecule has 0 bridgehead atoms. The van der Waals surface area contributed by atoms with Gasteiger partial charge in [0.05, 0.1) is 11.1 Å². The molecule has 2 aromatic heterocycles. The first kappa shape index (κ1) is 13.6. The average molecular weight is 282 g/mol. The zero-order valence-corrected chi connectivity index (χ0v) is 12.5. The molecule has 0 unspecified atom stereocenters. The normalized spacial score (nSPS) is 15.0. The van der Waals surface area contributed by atoms with Crippen molar-refractivity contribution in [2.75, 3.05) is 0 Å². The Morgan fingerprint density at radius 3 is 2.81 bits per heavy atom. The molecule has 0 aromatic carbocycles. The van der Waals surface area contributed by atoms with Crippen molar-refractivity contribution < 1.29 is 5.11 Å². The predicted molar refractivity (Wildman–Crippen MR) is 84.4 cm³/mol. The van der Waals surface area contributed by atoms with E-state index in [0.29, 0.717) is 23.1 Å². The van der Waals surface area contributed by atoms with Crippen molar-refractivity contribution >= 4 is 16.5 Å². The van der Waals surface area contributed by atoms with Crippen molar-refractivity contribution in [1.82, 2.24) is 9.55 Å². The summed E-state index contributed by atoms with van der Waals surface area (Å²) in [6.07, 6.45) is 4.68. The molecule has 0 saturated carbocycles. The minimum atomic E-state index is -0.0835. The molecule has 0 aliphatic carbocycles. The van der Waals surface area contributed by atoms with Crippen LogP contribution in [0.3, 0.4) is 0 Å². The SMILES string of the molecule is C/C=C\C1=C(C)CCn2c1c(O)c1nc(C)ccc1c2=O. The van der Waals surface area contributed by atoms with E-state index in [1.165, 1.54) is 5.57 Å². The highest BCUT2D eigenvalue weighted by molar-refractivity contribution is 5.91. The number of nitrogens with zero attached hydrogens (tertiary/aromatic N) is 2. The topological polar surface area (TPSA) is 55.1 Å². The van der Waals surface area contributed by atoms with Gasteiger partial charge in [-0.3, -0.25) is 4.79 Å². The van der Waals surface area contributed by atoms with Gasteiger partial charge in [-0.05, 0) is 39.3 Å². The van der Waals surface area contributed by atoms with E-state index in [1.807, 2.05) is 32.9 Å². The Labute approximate surface area is 123 Å². The molecule has 4 heteroatoms. The molecule has 0 atom stereocenters. The van der Waals surface area contributed by atoms with Crippen LogP contribution in [0.15, 0.2) is 34.7 Å². The van der Waals surface area contributed by atoms with Crippen LogP contribution in [0.5, 0.6) is 5.75 Å². The van der Waals surface area contributed by atoms with Crippen LogP contribution in [-0.4, -0.2) is 14.7 Å². The van der Waals surface area contributed by atoms with Crippen LogP contribution < -0.4 is 5.56 Å². The monoisotopic (exact) mass is 282 g/mol. The maximum atomic E-state index is 12.7. The Morgan fingerprint density at radius 2 is 2.10 bits per heavy atom. The van der Waals surface area contributed by atoms with Crippen LogP contribution in [-0.2, 0) is 6.54 Å². The number of fused-ring (bicyclic) bond motifs is 2. The summed E-state index contributed by atoms with van der Waals surface area (Å²) in [5, 5.41) is 11.1. The summed E-state index contributed by atoms with van der Waals surface area (Å²) in [4.78, 5) is 17.0. The number of rotatable bonds is 1. The summed E-state index contributed by atoms with van der Waals surface area (Å²) in [5.74, 6) is 0.0976. The number of hydrogen-bond acceptors (Lipinski definition) is 3. The molecule has 0 fully saturated rings. The molecule has 0 spiro atoms. The maximum Gasteiger partial charge on any atom is 0.260 e. The third kappa shape index (κ3) is 1.98. The summed E-state index contributed by atoms with van der Waals surface area (Å²) < 4.78 is 1.66. The van der Waals surface area contributed by atoms with Gasteiger partial charge in [0, 0.05) is 17.8 Å². The Morgan fingerprint density at radius 1 is 1.33 bits per heavy atom. The number of aromatic hydroxyl groups is 1. The molecule has 3 heterocycles. The van der Waals surface area contributed by atoms with Gasteiger partial charge in [-0.2, -0.15) is 0 Å². The largest absolute Gasteiger partial charge is 0.504 e. The van der Waals surface area contributed by atoms with Crippen molar-refractivity contribution in [3.05, 3.63) is 51.6 Å². The van der Waals surface area contributed by atoms with E-state index < -0.39 is 0 Å². The van der Waals surface area contributed by atoms with Gasteiger partial charge in [0.2, 0.25) is 0 Å². The minimum absolute atomic E-state index is 0.0835. The van der Waals surface area contributed by atoms with Crippen LogP contribution in [0, 0.1) is 6.92 Å². The minimum Gasteiger partial charge on any atom is -0.504 e. The third-order valence-electron chi connectivity index (χ3n) is 3.99. The molecule has 2 aromatic rings. The van der Waals surface area contributed by atoms with Gasteiger partial charge in [0.1, 0.15) is 5.52 Å². The zero-order valence-electron chi connectivity index (χ0n) is 12.5. The first-order chi connectivity index (χ1) is 10.0. The molecule has 3 rings (SSSR count). The second-order valence-corrected chi connectivity index (χ2v) is 5.45. The lowest BCUT2D eigenvalue weighted by Gasteiger charge is -2.23. The van der Waals surface area contributed by atoms with Crippen LogP contribution in [0.4, 0.5) is 0 Å². The van der Waals surface area contributed by atoms with Gasteiger partial charge < -0.3 is 9.67 Å². The summed E-state index contributed by atoms with van der Waals surface area (Å²) in [7, 11) is 0. The Balaban J connectivity index is 2.49. The second-order valence-electron chi connectivity index (χ2n) is 5.45. The highest BCUT2D eigenvalue weighted by Crippen LogP contribution is 2.36. The summed E-state index contributed by atoms with van der Waals surface area (Å²) >= 11 is 0. The van der Waals surface area contributed by atoms with E-state index in [0.717, 1.165) is 17.7 Å². The fourth-order valence-electron chi connectivity index (χ4n) is 2.89. The Kier molecular flexibility index (Phi) is 3.16. The average Bonchev–Trinajstić information content (AvgIpc) is 2.47.